The van der Waals surface area contributed by atoms with E-state index in [-0.39, 0.29) is 24.7 Å². The number of rotatable bonds is 5. The largest absolute Gasteiger partial charge is 0.370 e. The van der Waals surface area contributed by atoms with Crippen molar-refractivity contribution in [1.82, 2.24) is 0 Å². The second-order valence-electron chi connectivity index (χ2n) is 5.99. The molecule has 0 atom stereocenters. The molecule has 2 amide bonds. The van der Waals surface area contributed by atoms with Crippen LogP contribution in [-0.2, 0) is 17.6 Å². The standard InChI is InChI=1S/C19H19FN2O2/c20-16-6-8-17(9-7-16)22(11-10-18(21)23)19(24)15-5-4-13-2-1-3-14(13)12-15/h4-9,12H,1-3,10-11H2,(H2,21,23). The monoisotopic (exact) mass is 326 g/mol. The minimum absolute atomic E-state index is 0.0497. The number of amides is 2. The van der Waals surface area contributed by atoms with Crippen LogP contribution in [0.3, 0.4) is 0 Å². The summed E-state index contributed by atoms with van der Waals surface area (Å²) >= 11 is 0. The first kappa shape index (κ1) is 16.2. The quantitative estimate of drug-likeness (QED) is 0.918. The summed E-state index contributed by atoms with van der Waals surface area (Å²) in [5, 5.41) is 0. The third-order valence-electron chi connectivity index (χ3n) is 4.31. The number of anilines is 1. The Morgan fingerprint density at radius 3 is 2.46 bits per heavy atom. The van der Waals surface area contributed by atoms with Gasteiger partial charge in [0.15, 0.2) is 0 Å². The molecule has 0 fully saturated rings. The van der Waals surface area contributed by atoms with E-state index >= 15 is 0 Å². The number of primary amides is 1. The molecule has 0 bridgehead atoms. The third kappa shape index (κ3) is 3.45. The van der Waals surface area contributed by atoms with Gasteiger partial charge in [-0.3, -0.25) is 9.59 Å². The number of carbonyl (C=O) groups excluding carboxylic acids is 2. The Morgan fingerprint density at radius 1 is 1.04 bits per heavy atom. The van der Waals surface area contributed by atoms with Gasteiger partial charge in [-0.2, -0.15) is 0 Å². The first-order valence-corrected chi connectivity index (χ1v) is 8.02. The van der Waals surface area contributed by atoms with E-state index in [1.807, 2.05) is 18.2 Å². The summed E-state index contributed by atoms with van der Waals surface area (Å²) in [5.41, 5.74) is 8.83. The second-order valence-corrected chi connectivity index (χ2v) is 5.99. The Morgan fingerprint density at radius 2 is 1.75 bits per heavy atom. The number of hydrogen-bond donors (Lipinski definition) is 1. The average molecular weight is 326 g/mol. The molecule has 0 aliphatic heterocycles. The highest BCUT2D eigenvalue weighted by Crippen LogP contribution is 2.25. The van der Waals surface area contributed by atoms with Crippen LogP contribution >= 0.6 is 0 Å². The van der Waals surface area contributed by atoms with Crippen molar-refractivity contribution in [3.8, 4) is 0 Å². The fraction of sp³-hybridized carbons (Fsp3) is 0.263. The molecule has 0 aromatic heterocycles. The van der Waals surface area contributed by atoms with E-state index in [1.54, 1.807) is 0 Å². The maximum Gasteiger partial charge on any atom is 0.258 e. The first-order chi connectivity index (χ1) is 11.5. The topological polar surface area (TPSA) is 63.4 Å². The van der Waals surface area contributed by atoms with Crippen molar-refractivity contribution in [2.75, 3.05) is 11.4 Å². The Balaban J connectivity index is 1.90. The van der Waals surface area contributed by atoms with E-state index in [9.17, 15) is 14.0 Å². The Hall–Kier alpha value is -2.69. The summed E-state index contributed by atoms with van der Waals surface area (Å²) < 4.78 is 13.2. The fourth-order valence-corrected chi connectivity index (χ4v) is 3.05. The van der Waals surface area contributed by atoms with Gasteiger partial charge in [-0.25, -0.2) is 4.39 Å². The van der Waals surface area contributed by atoms with Crippen molar-refractivity contribution in [1.29, 1.82) is 0 Å². The summed E-state index contributed by atoms with van der Waals surface area (Å²) in [4.78, 5) is 25.5. The molecule has 0 radical (unpaired) electrons. The van der Waals surface area contributed by atoms with Crippen LogP contribution in [0.5, 0.6) is 0 Å². The Labute approximate surface area is 140 Å². The summed E-state index contributed by atoms with van der Waals surface area (Å²) in [7, 11) is 0. The molecule has 0 saturated heterocycles. The van der Waals surface area contributed by atoms with E-state index in [1.165, 1.54) is 40.3 Å². The lowest BCUT2D eigenvalue weighted by Gasteiger charge is -2.23. The maximum atomic E-state index is 13.2. The molecule has 24 heavy (non-hydrogen) atoms. The summed E-state index contributed by atoms with van der Waals surface area (Å²) in [5.74, 6) is -1.07. The predicted octanol–water partition coefficient (Wildman–Crippen LogP) is 2.84. The molecule has 1 aliphatic rings. The van der Waals surface area contributed by atoms with Gasteiger partial charge in [-0.05, 0) is 66.8 Å². The zero-order valence-electron chi connectivity index (χ0n) is 13.3. The van der Waals surface area contributed by atoms with Gasteiger partial charge in [0.2, 0.25) is 5.91 Å². The van der Waals surface area contributed by atoms with Gasteiger partial charge in [0, 0.05) is 24.2 Å². The van der Waals surface area contributed by atoms with Crippen molar-refractivity contribution < 1.29 is 14.0 Å². The number of fused-ring (bicyclic) bond motifs is 1. The lowest BCUT2D eigenvalue weighted by atomic mass is 10.1. The van der Waals surface area contributed by atoms with E-state index in [0.717, 1.165) is 19.3 Å². The van der Waals surface area contributed by atoms with Gasteiger partial charge in [-0.15, -0.1) is 0 Å². The number of halogens is 1. The third-order valence-corrected chi connectivity index (χ3v) is 4.31. The van der Waals surface area contributed by atoms with E-state index in [4.69, 9.17) is 5.73 Å². The maximum absolute atomic E-state index is 13.2. The van der Waals surface area contributed by atoms with Gasteiger partial charge in [0.25, 0.3) is 5.91 Å². The lowest BCUT2D eigenvalue weighted by molar-refractivity contribution is -0.117. The van der Waals surface area contributed by atoms with Crippen molar-refractivity contribution >= 4 is 17.5 Å². The molecule has 2 aromatic carbocycles. The van der Waals surface area contributed by atoms with Gasteiger partial charge in [0.1, 0.15) is 5.82 Å². The molecule has 2 N–H and O–H groups in total. The molecule has 0 spiro atoms. The number of hydrogen-bond acceptors (Lipinski definition) is 2. The van der Waals surface area contributed by atoms with Crippen LogP contribution in [0.1, 0.15) is 34.3 Å². The van der Waals surface area contributed by atoms with Crippen LogP contribution < -0.4 is 10.6 Å². The fourth-order valence-electron chi connectivity index (χ4n) is 3.05. The van der Waals surface area contributed by atoms with Crippen LogP contribution in [0.25, 0.3) is 0 Å². The molecule has 3 rings (SSSR count). The Kier molecular flexibility index (Phi) is 4.60. The molecule has 5 heteroatoms. The van der Waals surface area contributed by atoms with Crippen molar-refractivity contribution in [3.63, 3.8) is 0 Å². The first-order valence-electron chi connectivity index (χ1n) is 8.02. The zero-order chi connectivity index (χ0) is 17.1. The minimum Gasteiger partial charge on any atom is -0.370 e. The van der Waals surface area contributed by atoms with Gasteiger partial charge in [-0.1, -0.05) is 6.07 Å². The van der Waals surface area contributed by atoms with Gasteiger partial charge >= 0.3 is 0 Å². The Bertz CT molecular complexity index is 771. The lowest BCUT2D eigenvalue weighted by Crippen LogP contribution is -2.34. The zero-order valence-corrected chi connectivity index (χ0v) is 13.3. The van der Waals surface area contributed by atoms with E-state index in [2.05, 4.69) is 0 Å². The van der Waals surface area contributed by atoms with E-state index in [0.29, 0.717) is 11.3 Å². The molecular formula is C19H19FN2O2. The van der Waals surface area contributed by atoms with Crippen LogP contribution in [0.2, 0.25) is 0 Å². The van der Waals surface area contributed by atoms with E-state index < -0.39 is 5.91 Å². The van der Waals surface area contributed by atoms with Crippen LogP contribution in [0.4, 0.5) is 10.1 Å². The summed E-state index contributed by atoms with van der Waals surface area (Å²) in [6, 6.07) is 11.4. The molecule has 0 unspecified atom stereocenters. The molecular weight excluding hydrogens is 307 g/mol. The molecule has 0 saturated carbocycles. The molecule has 1 aliphatic carbocycles. The predicted molar refractivity (Wildman–Crippen MR) is 90.4 cm³/mol. The average Bonchev–Trinajstić information content (AvgIpc) is 3.03. The van der Waals surface area contributed by atoms with Gasteiger partial charge in [0.05, 0.1) is 0 Å². The summed E-state index contributed by atoms with van der Waals surface area (Å²) in [6.45, 7) is 0.164. The van der Waals surface area contributed by atoms with Crippen LogP contribution in [0.15, 0.2) is 42.5 Å². The highest BCUT2D eigenvalue weighted by molar-refractivity contribution is 6.06. The number of carbonyl (C=O) groups is 2. The van der Waals surface area contributed by atoms with Crippen LogP contribution in [0, 0.1) is 5.82 Å². The number of aryl methyl sites for hydroxylation is 2. The normalized spacial score (nSPS) is 12.7. The van der Waals surface area contributed by atoms with Crippen LogP contribution in [-0.4, -0.2) is 18.4 Å². The van der Waals surface area contributed by atoms with Crippen molar-refractivity contribution in [3.05, 3.63) is 65.0 Å². The summed E-state index contributed by atoms with van der Waals surface area (Å²) in [6.07, 6.45) is 3.19. The molecule has 124 valence electrons. The minimum atomic E-state index is -0.483. The SMILES string of the molecule is NC(=O)CCN(C(=O)c1ccc2c(c1)CCC2)c1ccc(F)cc1. The molecule has 2 aromatic rings. The smallest absolute Gasteiger partial charge is 0.258 e. The molecule has 4 nitrogen and oxygen atoms in total. The number of benzene rings is 2. The number of nitrogens with zero attached hydrogens (tertiary/aromatic N) is 1. The number of nitrogens with two attached hydrogens (primary N) is 1. The molecule has 0 heterocycles. The van der Waals surface area contributed by atoms with Crippen molar-refractivity contribution in [2.45, 2.75) is 25.7 Å². The second kappa shape index (κ2) is 6.83. The highest BCUT2D eigenvalue weighted by atomic mass is 19.1. The van der Waals surface area contributed by atoms with Gasteiger partial charge < -0.3 is 10.6 Å². The highest BCUT2D eigenvalue weighted by Gasteiger charge is 2.20. The van der Waals surface area contributed by atoms with Crippen molar-refractivity contribution in [2.24, 2.45) is 5.73 Å².